The van der Waals surface area contributed by atoms with Crippen molar-refractivity contribution in [2.24, 2.45) is 0 Å². The molecule has 0 aromatic carbocycles. The third kappa shape index (κ3) is 3.28. The van der Waals surface area contributed by atoms with E-state index < -0.39 is 15.3 Å². The number of nitrogens with zero attached hydrogens (tertiary/aromatic N) is 2. The van der Waals surface area contributed by atoms with Gasteiger partial charge in [-0.1, -0.05) is 13.8 Å². The summed E-state index contributed by atoms with van der Waals surface area (Å²) < 4.78 is 27.3. The van der Waals surface area contributed by atoms with Gasteiger partial charge in [-0.05, 0) is 32.1 Å². The molecule has 1 aliphatic heterocycles. The van der Waals surface area contributed by atoms with E-state index in [1.165, 1.54) is 0 Å². The van der Waals surface area contributed by atoms with E-state index in [4.69, 9.17) is 0 Å². The molecule has 1 saturated carbocycles. The maximum absolute atomic E-state index is 12.8. The summed E-state index contributed by atoms with van der Waals surface area (Å²) in [5, 5.41) is 6.58. The van der Waals surface area contributed by atoms with Crippen molar-refractivity contribution in [3.63, 3.8) is 0 Å². The number of nitrogens with one attached hydrogen (secondary N) is 2. The summed E-state index contributed by atoms with van der Waals surface area (Å²) in [6.07, 6.45) is 2.32. The fraction of sp³-hybridized carbons (Fsp3) is 0.733. The van der Waals surface area contributed by atoms with Crippen LogP contribution in [-0.4, -0.2) is 53.8 Å². The number of H-pyrrole nitrogens is 1. The summed E-state index contributed by atoms with van der Waals surface area (Å²) >= 11 is 0. The van der Waals surface area contributed by atoms with Crippen LogP contribution in [0.2, 0.25) is 0 Å². The standard InChI is InChI=1S/C15H24N4O3S/c1-9(2)14-13(10(3)16-17-14)15(20)19-7-6-12(8-19)23(21,22)18-11-4-5-11/h9,11-12,18H,4-8H2,1-3H3,(H,16,17). The van der Waals surface area contributed by atoms with Gasteiger partial charge in [0.15, 0.2) is 0 Å². The predicted molar refractivity (Wildman–Crippen MR) is 86.8 cm³/mol. The van der Waals surface area contributed by atoms with Gasteiger partial charge in [0.2, 0.25) is 10.0 Å². The molecule has 1 aromatic heterocycles. The maximum atomic E-state index is 12.8. The van der Waals surface area contributed by atoms with Gasteiger partial charge in [-0.15, -0.1) is 0 Å². The summed E-state index contributed by atoms with van der Waals surface area (Å²) in [4.78, 5) is 14.5. The Hall–Kier alpha value is -1.41. The molecule has 1 aromatic rings. The lowest BCUT2D eigenvalue weighted by Crippen LogP contribution is -2.38. The van der Waals surface area contributed by atoms with E-state index in [9.17, 15) is 13.2 Å². The zero-order chi connectivity index (χ0) is 16.8. The highest BCUT2D eigenvalue weighted by Crippen LogP contribution is 2.26. The molecule has 2 fully saturated rings. The van der Waals surface area contributed by atoms with Gasteiger partial charge in [-0.2, -0.15) is 5.10 Å². The van der Waals surface area contributed by atoms with Gasteiger partial charge in [0.25, 0.3) is 5.91 Å². The molecule has 2 heterocycles. The highest BCUT2D eigenvalue weighted by atomic mass is 32.2. The largest absolute Gasteiger partial charge is 0.337 e. The Morgan fingerprint density at radius 2 is 2.04 bits per heavy atom. The summed E-state index contributed by atoms with van der Waals surface area (Å²) in [5.41, 5.74) is 2.07. The normalized spacial score (nSPS) is 22.1. The van der Waals surface area contributed by atoms with Crippen LogP contribution in [0.1, 0.15) is 60.8 Å². The lowest BCUT2D eigenvalue weighted by Gasteiger charge is -2.18. The van der Waals surface area contributed by atoms with Gasteiger partial charge in [-0.3, -0.25) is 9.89 Å². The number of likely N-dealkylation sites (tertiary alicyclic amines) is 1. The molecule has 7 nitrogen and oxygen atoms in total. The quantitative estimate of drug-likeness (QED) is 0.840. The number of aryl methyl sites for hydroxylation is 1. The van der Waals surface area contributed by atoms with Crippen LogP contribution in [0, 0.1) is 6.92 Å². The smallest absolute Gasteiger partial charge is 0.257 e. The minimum absolute atomic E-state index is 0.105. The second kappa shape index (κ2) is 5.90. The van der Waals surface area contributed by atoms with Crippen LogP contribution >= 0.6 is 0 Å². The van der Waals surface area contributed by atoms with Crippen molar-refractivity contribution in [3.8, 4) is 0 Å². The van der Waals surface area contributed by atoms with Crippen molar-refractivity contribution in [2.45, 2.75) is 57.2 Å². The first kappa shape index (κ1) is 16.4. The van der Waals surface area contributed by atoms with Gasteiger partial charge in [0.05, 0.1) is 16.5 Å². The molecule has 1 aliphatic carbocycles. The van der Waals surface area contributed by atoms with Gasteiger partial charge in [0, 0.05) is 24.8 Å². The third-order valence-corrected chi connectivity index (χ3v) is 6.44. The second-order valence-corrected chi connectivity index (χ2v) is 8.85. The number of hydrogen-bond donors (Lipinski definition) is 2. The lowest BCUT2D eigenvalue weighted by atomic mass is 10.0. The average molecular weight is 340 g/mol. The molecule has 0 radical (unpaired) electrons. The Balaban J connectivity index is 1.74. The van der Waals surface area contributed by atoms with E-state index in [1.54, 1.807) is 4.90 Å². The molecule has 0 spiro atoms. The number of aromatic nitrogens is 2. The minimum atomic E-state index is -3.34. The number of carbonyl (C=O) groups is 1. The van der Waals surface area contributed by atoms with E-state index in [0.29, 0.717) is 18.5 Å². The van der Waals surface area contributed by atoms with Gasteiger partial charge in [-0.25, -0.2) is 13.1 Å². The first-order chi connectivity index (χ1) is 10.8. The van der Waals surface area contributed by atoms with Crippen molar-refractivity contribution in [3.05, 3.63) is 17.0 Å². The summed E-state index contributed by atoms with van der Waals surface area (Å²) in [5.74, 6) is 0.0154. The Morgan fingerprint density at radius 1 is 1.35 bits per heavy atom. The number of sulfonamides is 1. The molecule has 8 heteroatoms. The van der Waals surface area contributed by atoms with Crippen molar-refractivity contribution < 1.29 is 13.2 Å². The van der Waals surface area contributed by atoms with E-state index in [2.05, 4.69) is 14.9 Å². The molecule has 128 valence electrons. The summed E-state index contributed by atoms with van der Waals surface area (Å²) in [6.45, 7) is 6.53. The minimum Gasteiger partial charge on any atom is -0.337 e. The van der Waals surface area contributed by atoms with E-state index in [1.807, 2.05) is 20.8 Å². The van der Waals surface area contributed by atoms with Crippen molar-refractivity contribution >= 4 is 15.9 Å². The van der Waals surface area contributed by atoms with Crippen LogP contribution in [0.3, 0.4) is 0 Å². The molecule has 3 rings (SSSR count). The van der Waals surface area contributed by atoms with E-state index >= 15 is 0 Å². The molecule has 2 N–H and O–H groups in total. The monoisotopic (exact) mass is 340 g/mol. The Labute approximate surface area is 136 Å². The molecule has 1 atom stereocenters. The van der Waals surface area contributed by atoms with E-state index in [0.717, 1.165) is 24.2 Å². The fourth-order valence-electron chi connectivity index (χ4n) is 2.99. The molecule has 1 unspecified atom stereocenters. The Morgan fingerprint density at radius 3 is 2.65 bits per heavy atom. The molecular weight excluding hydrogens is 316 g/mol. The van der Waals surface area contributed by atoms with Crippen LogP contribution in [-0.2, 0) is 10.0 Å². The zero-order valence-electron chi connectivity index (χ0n) is 13.8. The maximum Gasteiger partial charge on any atom is 0.257 e. The highest BCUT2D eigenvalue weighted by molar-refractivity contribution is 7.90. The highest BCUT2D eigenvalue weighted by Gasteiger charge is 2.39. The van der Waals surface area contributed by atoms with Gasteiger partial charge in [0.1, 0.15) is 0 Å². The second-order valence-electron chi connectivity index (χ2n) is 6.86. The Bertz CT molecular complexity index is 706. The van der Waals surface area contributed by atoms with Crippen molar-refractivity contribution in [2.75, 3.05) is 13.1 Å². The molecule has 23 heavy (non-hydrogen) atoms. The van der Waals surface area contributed by atoms with Crippen LogP contribution < -0.4 is 4.72 Å². The number of carbonyl (C=O) groups excluding carboxylic acids is 1. The number of rotatable bonds is 5. The van der Waals surface area contributed by atoms with Gasteiger partial charge < -0.3 is 4.90 Å². The third-order valence-electron chi connectivity index (χ3n) is 4.52. The van der Waals surface area contributed by atoms with Crippen LogP contribution in [0.15, 0.2) is 0 Å². The first-order valence-corrected chi connectivity index (χ1v) is 9.69. The molecular formula is C15H24N4O3S. The Kier molecular flexibility index (Phi) is 4.22. The van der Waals surface area contributed by atoms with Crippen LogP contribution in [0.25, 0.3) is 0 Å². The van der Waals surface area contributed by atoms with Crippen LogP contribution in [0.5, 0.6) is 0 Å². The summed E-state index contributed by atoms with van der Waals surface area (Å²) in [7, 11) is -3.34. The van der Waals surface area contributed by atoms with Crippen molar-refractivity contribution in [1.82, 2.24) is 19.8 Å². The molecule has 0 bridgehead atoms. The fourth-order valence-corrected chi connectivity index (χ4v) is 4.67. The van der Waals surface area contributed by atoms with Gasteiger partial charge >= 0.3 is 0 Å². The molecule has 1 saturated heterocycles. The topological polar surface area (TPSA) is 95.2 Å². The number of hydrogen-bond acceptors (Lipinski definition) is 4. The van der Waals surface area contributed by atoms with E-state index in [-0.39, 0.29) is 24.4 Å². The number of amides is 1. The van der Waals surface area contributed by atoms with Crippen LogP contribution in [0.4, 0.5) is 0 Å². The summed E-state index contributed by atoms with van der Waals surface area (Å²) in [6, 6.07) is 0.105. The zero-order valence-corrected chi connectivity index (χ0v) is 14.6. The van der Waals surface area contributed by atoms with Crippen molar-refractivity contribution in [1.29, 1.82) is 0 Å². The molecule has 1 amide bonds. The SMILES string of the molecule is Cc1[nH]nc(C(C)C)c1C(=O)N1CCC(S(=O)(=O)NC2CC2)C1. The molecule has 2 aliphatic rings. The predicted octanol–water partition coefficient (Wildman–Crippen LogP) is 1.14. The average Bonchev–Trinajstić information content (AvgIpc) is 3.01. The lowest BCUT2D eigenvalue weighted by molar-refractivity contribution is 0.0791. The number of aromatic amines is 1. The first-order valence-electron chi connectivity index (χ1n) is 8.15.